The quantitative estimate of drug-likeness (QED) is 0.638. The molecule has 0 saturated carbocycles. The van der Waals surface area contributed by atoms with E-state index in [4.69, 9.17) is 5.11 Å². The molecule has 0 fully saturated rings. The van der Waals surface area contributed by atoms with Crippen LogP contribution in [0.25, 0.3) is 0 Å². The molecule has 6 nitrogen and oxygen atoms in total. The summed E-state index contributed by atoms with van der Waals surface area (Å²) < 4.78 is 38.8. The molecule has 0 spiro atoms. The van der Waals surface area contributed by atoms with Crippen molar-refractivity contribution in [2.75, 3.05) is 5.32 Å². The van der Waals surface area contributed by atoms with Gasteiger partial charge >= 0.3 is 12.1 Å². The molecule has 0 aliphatic heterocycles. The van der Waals surface area contributed by atoms with Crippen molar-refractivity contribution >= 4 is 33.3 Å². The molecule has 20 heavy (non-hydrogen) atoms. The Labute approximate surface area is 118 Å². The fraction of sp³-hybridized carbons (Fsp3) is 0.300. The van der Waals surface area contributed by atoms with E-state index < -0.39 is 34.0 Å². The Kier molecular flexibility index (Phi) is 4.27. The van der Waals surface area contributed by atoms with Gasteiger partial charge in [-0.2, -0.15) is 13.2 Å². The lowest BCUT2D eigenvalue weighted by atomic mass is 10.0. The first-order valence-corrected chi connectivity index (χ1v) is 5.80. The number of halogens is 4. The second-order valence-corrected chi connectivity index (χ2v) is 4.89. The molecule has 0 amide bonds. The van der Waals surface area contributed by atoms with Crippen molar-refractivity contribution in [3.63, 3.8) is 0 Å². The zero-order valence-electron chi connectivity index (χ0n) is 9.86. The number of benzene rings is 1. The average molecular weight is 357 g/mol. The lowest BCUT2D eigenvalue weighted by Crippen LogP contribution is -2.55. The first-order valence-electron chi connectivity index (χ1n) is 5.01. The van der Waals surface area contributed by atoms with Gasteiger partial charge in [-0.15, -0.1) is 0 Å². The summed E-state index contributed by atoms with van der Waals surface area (Å²) in [5.74, 6) is -2.20. The maximum absolute atomic E-state index is 12.8. The molecule has 0 aliphatic rings. The van der Waals surface area contributed by atoms with Gasteiger partial charge in [-0.05, 0) is 19.1 Å². The minimum Gasteiger partial charge on any atom is -0.479 e. The van der Waals surface area contributed by atoms with Crippen molar-refractivity contribution in [1.82, 2.24) is 0 Å². The molecule has 1 aromatic carbocycles. The van der Waals surface area contributed by atoms with E-state index >= 15 is 0 Å². The van der Waals surface area contributed by atoms with Crippen LogP contribution >= 0.6 is 15.9 Å². The fourth-order valence-electron chi connectivity index (χ4n) is 1.28. The summed E-state index contributed by atoms with van der Waals surface area (Å²) in [6.45, 7) is 0.389. The van der Waals surface area contributed by atoms with Crippen molar-refractivity contribution < 1.29 is 28.0 Å². The lowest BCUT2D eigenvalue weighted by Gasteiger charge is -2.29. The van der Waals surface area contributed by atoms with Gasteiger partial charge in [-0.25, -0.2) is 4.79 Å². The summed E-state index contributed by atoms with van der Waals surface area (Å²) in [5.41, 5.74) is -4.56. The molecular formula is C10H8BrF3N2O4. The van der Waals surface area contributed by atoms with Gasteiger partial charge in [0.25, 0.3) is 5.69 Å². The predicted octanol–water partition coefficient (Wildman–Crippen LogP) is 3.17. The third-order valence-electron chi connectivity index (χ3n) is 2.53. The van der Waals surface area contributed by atoms with Gasteiger partial charge in [0.15, 0.2) is 0 Å². The number of aliphatic carboxylic acids is 1. The second-order valence-electron chi connectivity index (χ2n) is 3.97. The Morgan fingerprint density at radius 2 is 2.00 bits per heavy atom. The van der Waals surface area contributed by atoms with Crippen LogP contribution in [0.3, 0.4) is 0 Å². The van der Waals surface area contributed by atoms with E-state index in [0.29, 0.717) is 6.92 Å². The molecule has 1 aromatic rings. The molecule has 0 bridgehead atoms. The standard InChI is InChI=1S/C10H8BrF3N2O4/c1-9(8(17)18,10(12,13)14)15-6-4-5(11)2-3-7(6)16(19)20/h2-4,15H,1H3,(H,17,18). The third-order valence-corrected chi connectivity index (χ3v) is 3.03. The Balaban J connectivity index is 3.36. The summed E-state index contributed by atoms with van der Waals surface area (Å²) in [6.07, 6.45) is -5.14. The first-order chi connectivity index (χ1) is 8.99. The predicted molar refractivity (Wildman–Crippen MR) is 66.5 cm³/mol. The van der Waals surface area contributed by atoms with E-state index in [9.17, 15) is 28.1 Å². The highest BCUT2D eigenvalue weighted by molar-refractivity contribution is 9.10. The average Bonchev–Trinajstić information content (AvgIpc) is 2.26. The number of alkyl halides is 3. The smallest absolute Gasteiger partial charge is 0.422 e. The lowest BCUT2D eigenvalue weighted by molar-refractivity contribution is -0.384. The highest BCUT2D eigenvalue weighted by Gasteiger charge is 2.58. The van der Waals surface area contributed by atoms with Crippen molar-refractivity contribution in [3.05, 3.63) is 32.8 Å². The number of carboxylic acids is 1. The van der Waals surface area contributed by atoms with Crippen LogP contribution in [0.2, 0.25) is 0 Å². The topological polar surface area (TPSA) is 92.5 Å². The number of nitrogens with zero attached hydrogens (tertiary/aromatic N) is 1. The van der Waals surface area contributed by atoms with Gasteiger partial charge in [-0.3, -0.25) is 10.1 Å². The SMILES string of the molecule is CC(Nc1cc(Br)ccc1[N+](=O)[O-])(C(=O)O)C(F)(F)F. The molecule has 1 rings (SSSR count). The maximum atomic E-state index is 12.8. The Morgan fingerprint density at radius 3 is 2.40 bits per heavy atom. The molecule has 2 N–H and O–H groups in total. The molecule has 1 atom stereocenters. The van der Waals surface area contributed by atoms with Crippen molar-refractivity contribution in [1.29, 1.82) is 0 Å². The molecule has 10 heteroatoms. The molecule has 0 aliphatic carbocycles. The highest BCUT2D eigenvalue weighted by atomic mass is 79.9. The van der Waals surface area contributed by atoms with E-state index in [1.807, 2.05) is 0 Å². The zero-order chi connectivity index (χ0) is 15.7. The number of nitro groups is 1. The van der Waals surface area contributed by atoms with Crippen LogP contribution in [-0.4, -0.2) is 27.7 Å². The summed E-state index contributed by atoms with van der Waals surface area (Å²) in [5, 5.41) is 21.2. The Hall–Kier alpha value is -1.84. The van der Waals surface area contributed by atoms with Crippen LogP contribution in [0.5, 0.6) is 0 Å². The minimum atomic E-state index is -5.14. The normalized spacial score (nSPS) is 14.4. The maximum Gasteiger partial charge on any atom is 0.422 e. The van der Waals surface area contributed by atoms with Gasteiger partial charge in [0, 0.05) is 10.5 Å². The molecule has 0 saturated heterocycles. The largest absolute Gasteiger partial charge is 0.479 e. The minimum absolute atomic E-state index is 0.264. The summed E-state index contributed by atoms with van der Waals surface area (Å²) >= 11 is 2.95. The number of anilines is 1. The third kappa shape index (κ3) is 3.00. The molecule has 0 aromatic heterocycles. The van der Waals surface area contributed by atoms with Crippen LogP contribution in [0.4, 0.5) is 24.5 Å². The van der Waals surface area contributed by atoms with Crippen molar-refractivity contribution in [3.8, 4) is 0 Å². The summed E-state index contributed by atoms with van der Waals surface area (Å²) in [6, 6.07) is 3.23. The van der Waals surface area contributed by atoms with Crippen molar-refractivity contribution in [2.24, 2.45) is 0 Å². The van der Waals surface area contributed by atoms with Crippen molar-refractivity contribution in [2.45, 2.75) is 18.6 Å². The number of carbonyl (C=O) groups is 1. The fourth-order valence-corrected chi connectivity index (χ4v) is 1.64. The van der Waals surface area contributed by atoms with Crippen LogP contribution < -0.4 is 5.32 Å². The van der Waals surface area contributed by atoms with Gasteiger partial charge in [0.05, 0.1) is 4.92 Å². The van der Waals surface area contributed by atoms with Gasteiger partial charge in [-0.1, -0.05) is 15.9 Å². The van der Waals surface area contributed by atoms with E-state index in [2.05, 4.69) is 15.9 Å². The van der Waals surface area contributed by atoms with Gasteiger partial charge in [0.2, 0.25) is 5.54 Å². The summed E-state index contributed by atoms with van der Waals surface area (Å²) in [7, 11) is 0. The Morgan fingerprint density at radius 1 is 1.45 bits per heavy atom. The number of nitro benzene ring substituents is 1. The molecule has 0 radical (unpaired) electrons. The van der Waals surface area contributed by atoms with Crippen LogP contribution in [0.15, 0.2) is 22.7 Å². The molecular weight excluding hydrogens is 349 g/mol. The van der Waals surface area contributed by atoms with Crippen LogP contribution in [0.1, 0.15) is 6.92 Å². The number of rotatable bonds is 4. The van der Waals surface area contributed by atoms with E-state index in [1.165, 1.54) is 6.07 Å². The highest BCUT2D eigenvalue weighted by Crippen LogP contribution is 2.37. The molecule has 1 unspecified atom stereocenters. The first kappa shape index (κ1) is 16.2. The number of hydrogen-bond acceptors (Lipinski definition) is 4. The molecule has 0 heterocycles. The van der Waals surface area contributed by atoms with Crippen LogP contribution in [-0.2, 0) is 4.79 Å². The number of carboxylic acid groups (broad SMARTS) is 1. The second kappa shape index (κ2) is 5.27. The van der Waals surface area contributed by atoms with Gasteiger partial charge in [0.1, 0.15) is 5.69 Å². The zero-order valence-corrected chi connectivity index (χ0v) is 11.4. The van der Waals surface area contributed by atoms with E-state index in [1.54, 1.807) is 5.32 Å². The molecule has 110 valence electrons. The van der Waals surface area contributed by atoms with E-state index in [-0.39, 0.29) is 4.47 Å². The number of nitrogens with one attached hydrogen (secondary N) is 1. The Bertz CT molecular complexity index is 564. The summed E-state index contributed by atoms with van der Waals surface area (Å²) in [4.78, 5) is 20.7. The number of hydrogen-bond donors (Lipinski definition) is 2. The van der Waals surface area contributed by atoms with Crippen LogP contribution in [0, 0.1) is 10.1 Å². The monoisotopic (exact) mass is 356 g/mol. The van der Waals surface area contributed by atoms with E-state index in [0.717, 1.165) is 12.1 Å². The van der Waals surface area contributed by atoms with Gasteiger partial charge < -0.3 is 10.4 Å².